The van der Waals surface area contributed by atoms with Gasteiger partial charge in [0.1, 0.15) is 0 Å². The van der Waals surface area contributed by atoms with Crippen molar-refractivity contribution >= 4 is 0 Å². The molecule has 0 aliphatic carbocycles. The number of terminal acetylenes is 1. The predicted molar refractivity (Wildman–Crippen MR) is 57.1 cm³/mol. The van der Waals surface area contributed by atoms with Crippen LogP contribution in [-0.4, -0.2) is 11.0 Å². The minimum atomic E-state index is 0.182. The van der Waals surface area contributed by atoms with Crippen LogP contribution in [0.5, 0.6) is 0 Å². The molecule has 1 aromatic rings. The third-order valence-corrected chi connectivity index (χ3v) is 2.08. The first-order valence-electron chi connectivity index (χ1n) is 4.66. The van der Waals surface area contributed by atoms with E-state index < -0.39 is 0 Å². The second kappa shape index (κ2) is 6.14. The minimum absolute atomic E-state index is 0.182. The van der Waals surface area contributed by atoms with Gasteiger partial charge in [-0.15, -0.1) is 12.3 Å². The molecule has 0 aliphatic heterocycles. The van der Waals surface area contributed by atoms with E-state index in [1.165, 1.54) is 0 Å². The third-order valence-electron chi connectivity index (χ3n) is 2.08. The molecule has 1 unspecified atom stereocenters. The number of hydrazine groups is 1. The van der Waals surface area contributed by atoms with Gasteiger partial charge in [-0.3, -0.25) is 16.3 Å². The van der Waals surface area contributed by atoms with Gasteiger partial charge in [0.15, 0.2) is 0 Å². The second-order valence-electron chi connectivity index (χ2n) is 3.13. The first kappa shape index (κ1) is 10.7. The SMILES string of the molecule is C#CCC(CCc1ccccn1)NN. The number of pyridine rings is 1. The number of nitrogens with one attached hydrogen (secondary N) is 1. The van der Waals surface area contributed by atoms with Gasteiger partial charge in [-0.05, 0) is 25.0 Å². The van der Waals surface area contributed by atoms with E-state index in [9.17, 15) is 0 Å². The Balaban J connectivity index is 2.36. The lowest BCUT2D eigenvalue weighted by Gasteiger charge is -2.11. The van der Waals surface area contributed by atoms with Gasteiger partial charge in [0.2, 0.25) is 0 Å². The molecule has 1 rings (SSSR count). The smallest absolute Gasteiger partial charge is 0.0404 e. The monoisotopic (exact) mass is 189 g/mol. The van der Waals surface area contributed by atoms with Crippen LogP contribution in [0.25, 0.3) is 0 Å². The van der Waals surface area contributed by atoms with Gasteiger partial charge in [-0.1, -0.05) is 6.07 Å². The lowest BCUT2D eigenvalue weighted by molar-refractivity contribution is 0.501. The molecule has 0 amide bonds. The number of nitrogens with two attached hydrogens (primary N) is 1. The number of hydrogen-bond donors (Lipinski definition) is 2. The third kappa shape index (κ3) is 3.56. The lowest BCUT2D eigenvalue weighted by atomic mass is 10.1. The van der Waals surface area contributed by atoms with Crippen LogP contribution in [0.3, 0.4) is 0 Å². The fourth-order valence-corrected chi connectivity index (χ4v) is 1.25. The summed E-state index contributed by atoms with van der Waals surface area (Å²) in [6.45, 7) is 0. The van der Waals surface area contributed by atoms with Crippen LogP contribution in [0.4, 0.5) is 0 Å². The summed E-state index contributed by atoms with van der Waals surface area (Å²) in [7, 11) is 0. The number of hydrogen-bond acceptors (Lipinski definition) is 3. The van der Waals surface area contributed by atoms with Crippen LogP contribution in [0, 0.1) is 12.3 Å². The molecule has 0 saturated carbocycles. The Bertz CT molecular complexity index is 289. The molecule has 0 radical (unpaired) electrons. The molecule has 0 aliphatic rings. The zero-order chi connectivity index (χ0) is 10.2. The van der Waals surface area contributed by atoms with Crippen LogP contribution in [-0.2, 0) is 6.42 Å². The predicted octanol–water partition coefficient (Wildman–Crippen LogP) is 0.869. The normalized spacial score (nSPS) is 12.0. The summed E-state index contributed by atoms with van der Waals surface area (Å²) in [5.41, 5.74) is 3.78. The molecule has 3 heteroatoms. The molecule has 0 spiro atoms. The van der Waals surface area contributed by atoms with E-state index in [2.05, 4.69) is 16.3 Å². The van der Waals surface area contributed by atoms with E-state index in [0.717, 1.165) is 18.5 Å². The van der Waals surface area contributed by atoms with E-state index in [1.54, 1.807) is 6.20 Å². The number of rotatable bonds is 5. The van der Waals surface area contributed by atoms with E-state index in [-0.39, 0.29) is 6.04 Å². The Kier molecular flexibility index (Phi) is 4.70. The largest absolute Gasteiger partial charge is 0.271 e. The highest BCUT2D eigenvalue weighted by Crippen LogP contribution is 2.03. The Morgan fingerprint density at radius 1 is 1.57 bits per heavy atom. The average molecular weight is 189 g/mol. The van der Waals surface area contributed by atoms with E-state index >= 15 is 0 Å². The first-order chi connectivity index (χ1) is 6.86. The molecule has 0 bridgehead atoms. The quantitative estimate of drug-likeness (QED) is 0.410. The molecule has 1 heterocycles. The average Bonchev–Trinajstić information content (AvgIpc) is 2.25. The zero-order valence-corrected chi connectivity index (χ0v) is 8.11. The van der Waals surface area contributed by atoms with Crippen molar-refractivity contribution in [1.29, 1.82) is 0 Å². The number of aryl methyl sites for hydroxylation is 1. The molecular formula is C11H15N3. The number of aromatic nitrogens is 1. The molecule has 0 aromatic carbocycles. The van der Waals surface area contributed by atoms with Crippen LogP contribution >= 0.6 is 0 Å². The van der Waals surface area contributed by atoms with Crippen molar-refractivity contribution in [1.82, 2.24) is 10.4 Å². The summed E-state index contributed by atoms with van der Waals surface area (Å²) in [6.07, 6.45) is 9.48. The summed E-state index contributed by atoms with van der Waals surface area (Å²) >= 11 is 0. The van der Waals surface area contributed by atoms with Crippen molar-refractivity contribution in [3.63, 3.8) is 0 Å². The second-order valence-corrected chi connectivity index (χ2v) is 3.13. The molecule has 74 valence electrons. The van der Waals surface area contributed by atoms with Gasteiger partial charge >= 0.3 is 0 Å². The van der Waals surface area contributed by atoms with Gasteiger partial charge in [-0.2, -0.15) is 0 Å². The summed E-state index contributed by atoms with van der Waals surface area (Å²) in [6, 6.07) is 6.07. The fourth-order valence-electron chi connectivity index (χ4n) is 1.25. The maximum Gasteiger partial charge on any atom is 0.0404 e. The molecule has 3 N–H and O–H groups in total. The summed E-state index contributed by atoms with van der Waals surface area (Å²) in [5, 5.41) is 0. The van der Waals surface area contributed by atoms with Gasteiger partial charge in [-0.25, -0.2) is 0 Å². The molecule has 0 saturated heterocycles. The topological polar surface area (TPSA) is 50.9 Å². The molecule has 1 aromatic heterocycles. The highest BCUT2D eigenvalue weighted by molar-refractivity contribution is 5.04. The van der Waals surface area contributed by atoms with E-state index in [4.69, 9.17) is 12.3 Å². The van der Waals surface area contributed by atoms with Crippen LogP contribution in [0.2, 0.25) is 0 Å². The van der Waals surface area contributed by atoms with E-state index in [1.807, 2.05) is 18.2 Å². The van der Waals surface area contributed by atoms with Crippen molar-refractivity contribution in [3.05, 3.63) is 30.1 Å². The zero-order valence-electron chi connectivity index (χ0n) is 8.11. The highest BCUT2D eigenvalue weighted by atomic mass is 15.2. The van der Waals surface area contributed by atoms with E-state index in [0.29, 0.717) is 6.42 Å². The van der Waals surface area contributed by atoms with Gasteiger partial charge in [0.25, 0.3) is 0 Å². The van der Waals surface area contributed by atoms with Crippen LogP contribution < -0.4 is 11.3 Å². The Morgan fingerprint density at radius 3 is 3.00 bits per heavy atom. The molecular weight excluding hydrogens is 174 g/mol. The maximum absolute atomic E-state index is 5.36. The lowest BCUT2D eigenvalue weighted by Crippen LogP contribution is -2.35. The Labute approximate surface area is 84.7 Å². The molecule has 3 nitrogen and oxygen atoms in total. The Morgan fingerprint density at radius 2 is 2.43 bits per heavy atom. The van der Waals surface area contributed by atoms with Crippen LogP contribution in [0.15, 0.2) is 24.4 Å². The number of nitrogens with zero attached hydrogens (tertiary/aromatic N) is 1. The minimum Gasteiger partial charge on any atom is -0.271 e. The van der Waals surface area contributed by atoms with Gasteiger partial charge < -0.3 is 0 Å². The first-order valence-corrected chi connectivity index (χ1v) is 4.66. The fraction of sp³-hybridized carbons (Fsp3) is 0.364. The summed E-state index contributed by atoms with van der Waals surface area (Å²) in [4.78, 5) is 4.22. The highest BCUT2D eigenvalue weighted by Gasteiger charge is 2.04. The maximum atomic E-state index is 5.36. The van der Waals surface area contributed by atoms with Crippen molar-refractivity contribution in [2.75, 3.05) is 0 Å². The molecule has 0 fully saturated rings. The van der Waals surface area contributed by atoms with Crippen molar-refractivity contribution in [3.8, 4) is 12.3 Å². The van der Waals surface area contributed by atoms with Gasteiger partial charge in [0.05, 0.1) is 0 Å². The van der Waals surface area contributed by atoms with Gasteiger partial charge in [0, 0.05) is 24.4 Å². The molecule has 1 atom stereocenters. The van der Waals surface area contributed by atoms with Crippen molar-refractivity contribution in [2.45, 2.75) is 25.3 Å². The summed E-state index contributed by atoms with van der Waals surface area (Å²) < 4.78 is 0. The molecule has 14 heavy (non-hydrogen) atoms. The van der Waals surface area contributed by atoms with Crippen molar-refractivity contribution < 1.29 is 0 Å². The van der Waals surface area contributed by atoms with Crippen molar-refractivity contribution in [2.24, 2.45) is 5.84 Å². The van der Waals surface area contributed by atoms with Crippen LogP contribution in [0.1, 0.15) is 18.5 Å². The Hall–Kier alpha value is -1.37. The summed E-state index contributed by atoms with van der Waals surface area (Å²) in [5.74, 6) is 7.95. The standard InChI is InChI=1S/C11H15N3/c1-2-5-11(14-12)8-7-10-6-3-4-9-13-10/h1,3-4,6,9,11,14H,5,7-8,12H2.